The second-order valence-electron chi connectivity index (χ2n) is 2.22. The first-order valence-electron chi connectivity index (χ1n) is 2.83. The summed E-state index contributed by atoms with van der Waals surface area (Å²) in [5.41, 5.74) is 1.89. The Balaban J connectivity index is 2.95. The van der Waals surface area contributed by atoms with E-state index in [0.29, 0.717) is 5.84 Å². The number of rotatable bonds is 0. The molecule has 0 fully saturated rings. The van der Waals surface area contributed by atoms with Gasteiger partial charge >= 0.3 is 0 Å². The van der Waals surface area contributed by atoms with E-state index in [2.05, 4.69) is 6.58 Å². The summed E-state index contributed by atoms with van der Waals surface area (Å²) in [6.45, 7) is 5.66. The zero-order valence-electron chi connectivity index (χ0n) is 5.73. The lowest BCUT2D eigenvalue weighted by Crippen LogP contribution is -2.18. The summed E-state index contributed by atoms with van der Waals surface area (Å²) in [6, 6.07) is 0. The molecule has 0 spiro atoms. The molecule has 0 saturated carbocycles. The van der Waals surface area contributed by atoms with Crippen LogP contribution in [0.4, 0.5) is 0 Å². The van der Waals surface area contributed by atoms with Crippen LogP contribution in [0, 0.1) is 5.41 Å². The Bertz CT molecular complexity index is 201. The van der Waals surface area contributed by atoms with Gasteiger partial charge in [-0.25, -0.2) is 0 Å². The summed E-state index contributed by atoms with van der Waals surface area (Å²) in [5.74, 6) is 0.507. The highest BCUT2D eigenvalue weighted by Crippen LogP contribution is 2.16. The molecule has 0 aromatic carbocycles. The van der Waals surface area contributed by atoms with Crippen LogP contribution >= 0.6 is 0 Å². The van der Waals surface area contributed by atoms with Gasteiger partial charge in [-0.3, -0.25) is 5.41 Å². The van der Waals surface area contributed by atoms with Crippen molar-refractivity contribution in [3.05, 3.63) is 23.9 Å². The standard InChI is InChI=1S/C7H10N2/c1-5-4-6(2)9(3)7(5)8/h4,8H,1H2,2-3H3. The SMILES string of the molecule is C=C1C=C(C)N(C)C1=N. The van der Waals surface area contributed by atoms with E-state index in [-0.39, 0.29) is 0 Å². The highest BCUT2D eigenvalue weighted by atomic mass is 15.2. The molecule has 48 valence electrons. The lowest BCUT2D eigenvalue weighted by Gasteiger charge is -2.11. The van der Waals surface area contributed by atoms with Gasteiger partial charge in [0.2, 0.25) is 0 Å². The van der Waals surface area contributed by atoms with Gasteiger partial charge in [0.05, 0.1) is 0 Å². The highest BCUT2D eigenvalue weighted by molar-refractivity contribution is 6.01. The first-order chi connectivity index (χ1) is 4.13. The summed E-state index contributed by atoms with van der Waals surface area (Å²) in [5, 5.41) is 7.37. The predicted octanol–water partition coefficient (Wildman–Crippen LogP) is 1.37. The van der Waals surface area contributed by atoms with Gasteiger partial charge in [-0.1, -0.05) is 6.58 Å². The minimum Gasteiger partial charge on any atom is -0.333 e. The minimum absolute atomic E-state index is 0.507. The van der Waals surface area contributed by atoms with Crippen molar-refractivity contribution in [1.82, 2.24) is 4.90 Å². The molecule has 0 unspecified atom stereocenters. The highest BCUT2D eigenvalue weighted by Gasteiger charge is 2.14. The van der Waals surface area contributed by atoms with Crippen LogP contribution in [0.5, 0.6) is 0 Å². The molecular formula is C7H10N2. The van der Waals surface area contributed by atoms with Crippen molar-refractivity contribution in [3.8, 4) is 0 Å². The molecule has 0 amide bonds. The van der Waals surface area contributed by atoms with Gasteiger partial charge in [-0.2, -0.15) is 0 Å². The van der Waals surface area contributed by atoms with Crippen LogP contribution in [0.15, 0.2) is 23.9 Å². The third kappa shape index (κ3) is 0.762. The van der Waals surface area contributed by atoms with Gasteiger partial charge in [0.25, 0.3) is 0 Å². The van der Waals surface area contributed by atoms with Crippen molar-refractivity contribution in [2.75, 3.05) is 7.05 Å². The molecule has 2 nitrogen and oxygen atoms in total. The Morgan fingerprint density at radius 1 is 1.67 bits per heavy atom. The maximum absolute atomic E-state index is 7.37. The fourth-order valence-electron chi connectivity index (χ4n) is 0.809. The zero-order chi connectivity index (χ0) is 7.02. The van der Waals surface area contributed by atoms with Crippen molar-refractivity contribution in [1.29, 1.82) is 5.41 Å². The second kappa shape index (κ2) is 1.72. The molecule has 0 atom stereocenters. The van der Waals surface area contributed by atoms with Crippen LogP contribution in [-0.2, 0) is 0 Å². The van der Waals surface area contributed by atoms with Crippen molar-refractivity contribution >= 4 is 5.84 Å². The number of nitrogens with one attached hydrogen (secondary N) is 1. The fraction of sp³-hybridized carbons (Fsp3) is 0.286. The van der Waals surface area contributed by atoms with Crippen LogP contribution in [-0.4, -0.2) is 17.8 Å². The van der Waals surface area contributed by atoms with E-state index in [1.54, 1.807) is 0 Å². The number of nitrogens with zero attached hydrogens (tertiary/aromatic N) is 1. The van der Waals surface area contributed by atoms with E-state index in [4.69, 9.17) is 5.41 Å². The topological polar surface area (TPSA) is 27.1 Å². The number of allylic oxidation sites excluding steroid dienone is 1. The predicted molar refractivity (Wildman–Crippen MR) is 38.4 cm³/mol. The molecule has 0 bridgehead atoms. The van der Waals surface area contributed by atoms with Crippen molar-refractivity contribution in [2.45, 2.75) is 6.92 Å². The van der Waals surface area contributed by atoms with Gasteiger partial charge in [0.15, 0.2) is 0 Å². The molecule has 1 rings (SSSR count). The maximum atomic E-state index is 7.37. The third-order valence-electron chi connectivity index (χ3n) is 1.55. The summed E-state index contributed by atoms with van der Waals surface area (Å²) in [7, 11) is 1.87. The smallest absolute Gasteiger partial charge is 0.131 e. The fourth-order valence-corrected chi connectivity index (χ4v) is 0.809. The largest absolute Gasteiger partial charge is 0.333 e. The van der Waals surface area contributed by atoms with E-state index >= 15 is 0 Å². The number of likely N-dealkylation sites (N-methyl/N-ethyl adjacent to an activating group) is 1. The van der Waals surface area contributed by atoms with Crippen LogP contribution < -0.4 is 0 Å². The Labute approximate surface area is 55.0 Å². The van der Waals surface area contributed by atoms with E-state index in [0.717, 1.165) is 11.3 Å². The van der Waals surface area contributed by atoms with Gasteiger partial charge in [0.1, 0.15) is 5.84 Å². The van der Waals surface area contributed by atoms with Gasteiger partial charge in [-0.05, 0) is 13.0 Å². The normalized spacial score (nSPS) is 18.9. The van der Waals surface area contributed by atoms with Gasteiger partial charge < -0.3 is 4.90 Å². The average Bonchev–Trinajstić information content (AvgIpc) is 1.98. The Hall–Kier alpha value is -1.05. The number of hydrogen-bond acceptors (Lipinski definition) is 1. The lowest BCUT2D eigenvalue weighted by molar-refractivity contribution is 0.640. The van der Waals surface area contributed by atoms with E-state index in [9.17, 15) is 0 Å². The lowest BCUT2D eigenvalue weighted by atomic mass is 10.3. The summed E-state index contributed by atoms with van der Waals surface area (Å²) in [6.07, 6.45) is 1.91. The van der Waals surface area contributed by atoms with Crippen LogP contribution in [0.25, 0.3) is 0 Å². The minimum atomic E-state index is 0.507. The van der Waals surface area contributed by atoms with Crippen LogP contribution in [0.2, 0.25) is 0 Å². The van der Waals surface area contributed by atoms with Crippen LogP contribution in [0.3, 0.4) is 0 Å². The molecule has 0 saturated heterocycles. The molecule has 2 heteroatoms. The molecular weight excluding hydrogens is 112 g/mol. The Morgan fingerprint density at radius 3 is 2.33 bits per heavy atom. The average molecular weight is 122 g/mol. The second-order valence-corrected chi connectivity index (χ2v) is 2.22. The Kier molecular flexibility index (Phi) is 1.16. The molecule has 9 heavy (non-hydrogen) atoms. The first kappa shape index (κ1) is 6.08. The van der Waals surface area contributed by atoms with Crippen molar-refractivity contribution < 1.29 is 0 Å². The molecule has 1 N–H and O–H groups in total. The van der Waals surface area contributed by atoms with Gasteiger partial charge in [-0.15, -0.1) is 0 Å². The summed E-state index contributed by atoms with van der Waals surface area (Å²) < 4.78 is 0. The van der Waals surface area contributed by atoms with Crippen LogP contribution in [0.1, 0.15) is 6.92 Å². The maximum Gasteiger partial charge on any atom is 0.131 e. The van der Waals surface area contributed by atoms with E-state index < -0.39 is 0 Å². The van der Waals surface area contributed by atoms with Gasteiger partial charge in [0, 0.05) is 18.3 Å². The molecule has 0 aliphatic carbocycles. The molecule has 1 aliphatic rings. The van der Waals surface area contributed by atoms with Crippen molar-refractivity contribution in [2.24, 2.45) is 0 Å². The molecule has 0 aromatic rings. The summed E-state index contributed by atoms with van der Waals surface area (Å²) in [4.78, 5) is 1.81. The molecule has 0 radical (unpaired) electrons. The first-order valence-corrected chi connectivity index (χ1v) is 2.83. The van der Waals surface area contributed by atoms with E-state index in [1.807, 2.05) is 24.9 Å². The number of hydrogen-bond donors (Lipinski definition) is 1. The van der Waals surface area contributed by atoms with E-state index in [1.165, 1.54) is 0 Å². The molecule has 1 heterocycles. The molecule has 0 aromatic heterocycles. The summed E-state index contributed by atoms with van der Waals surface area (Å²) >= 11 is 0. The Morgan fingerprint density at radius 2 is 2.22 bits per heavy atom. The third-order valence-corrected chi connectivity index (χ3v) is 1.55. The quantitative estimate of drug-likeness (QED) is 0.516. The number of amidine groups is 1. The monoisotopic (exact) mass is 122 g/mol. The van der Waals surface area contributed by atoms with Crippen molar-refractivity contribution in [3.63, 3.8) is 0 Å². The zero-order valence-corrected chi connectivity index (χ0v) is 5.73. The molecule has 1 aliphatic heterocycles.